The maximum atomic E-state index is 13.0. The standard InChI is InChI=1S/C21H30O4/c1-12(2)14-11-13-7-8-15-20(3,4)9-6-10-21(15,19(24)25-5)16(13)18(23)17(14)22/h11-12,15,22-23H,6-10H2,1-5H3/t15-,21-/m0/s1. The van der Waals surface area contributed by atoms with Crippen molar-refractivity contribution >= 4 is 5.97 Å². The molecule has 2 N–H and O–H groups in total. The van der Waals surface area contributed by atoms with Gasteiger partial charge in [-0.25, -0.2) is 0 Å². The average Bonchev–Trinajstić information content (AvgIpc) is 2.55. The van der Waals surface area contributed by atoms with Crippen molar-refractivity contribution in [3.05, 3.63) is 22.8 Å². The second-order valence-electron chi connectivity index (χ2n) is 8.75. The highest BCUT2D eigenvalue weighted by Crippen LogP contribution is 2.61. The number of fused-ring (bicyclic) bond motifs is 3. The second kappa shape index (κ2) is 5.93. The largest absolute Gasteiger partial charge is 0.504 e. The SMILES string of the molecule is COC(=O)[C@@]12CCCC(C)(C)[C@@H]1CCc1cc(C(C)C)c(O)c(O)c12. The summed E-state index contributed by atoms with van der Waals surface area (Å²) in [4.78, 5) is 13.0. The molecule has 1 aromatic carbocycles. The van der Waals surface area contributed by atoms with Gasteiger partial charge in [-0.05, 0) is 48.5 Å². The first-order valence-electron chi connectivity index (χ1n) is 9.33. The van der Waals surface area contributed by atoms with Crippen LogP contribution in [0.15, 0.2) is 6.07 Å². The van der Waals surface area contributed by atoms with E-state index in [-0.39, 0.29) is 34.7 Å². The molecular weight excluding hydrogens is 316 g/mol. The maximum absolute atomic E-state index is 13.0. The van der Waals surface area contributed by atoms with Crippen LogP contribution in [-0.2, 0) is 21.4 Å². The van der Waals surface area contributed by atoms with Gasteiger partial charge in [-0.3, -0.25) is 4.79 Å². The third-order valence-corrected chi connectivity index (χ3v) is 6.64. The summed E-state index contributed by atoms with van der Waals surface area (Å²) in [6.45, 7) is 8.40. The van der Waals surface area contributed by atoms with Crippen LogP contribution in [0.5, 0.6) is 11.5 Å². The number of carbonyl (C=O) groups excluding carboxylic acids is 1. The van der Waals surface area contributed by atoms with Crippen LogP contribution in [0.1, 0.15) is 76.0 Å². The minimum Gasteiger partial charge on any atom is -0.504 e. The van der Waals surface area contributed by atoms with Crippen molar-refractivity contribution in [3.8, 4) is 11.5 Å². The first-order chi connectivity index (χ1) is 11.7. The van der Waals surface area contributed by atoms with Crippen LogP contribution in [0.25, 0.3) is 0 Å². The van der Waals surface area contributed by atoms with E-state index in [0.717, 1.165) is 36.8 Å². The fraction of sp³-hybridized carbons (Fsp3) is 0.667. The first-order valence-corrected chi connectivity index (χ1v) is 9.33. The molecule has 4 heteroatoms. The lowest BCUT2D eigenvalue weighted by atomic mass is 9.49. The Kier molecular flexibility index (Phi) is 4.29. The topological polar surface area (TPSA) is 66.8 Å². The molecule has 0 bridgehead atoms. The second-order valence-corrected chi connectivity index (χ2v) is 8.75. The number of aryl methyl sites for hydroxylation is 1. The van der Waals surface area contributed by atoms with E-state index in [9.17, 15) is 15.0 Å². The van der Waals surface area contributed by atoms with Crippen LogP contribution >= 0.6 is 0 Å². The van der Waals surface area contributed by atoms with Gasteiger partial charge in [0.2, 0.25) is 0 Å². The predicted octanol–water partition coefficient (Wildman–Crippen LogP) is 4.40. The van der Waals surface area contributed by atoms with Gasteiger partial charge >= 0.3 is 5.97 Å². The summed E-state index contributed by atoms with van der Waals surface area (Å²) < 4.78 is 5.24. The molecule has 0 unspecified atom stereocenters. The Morgan fingerprint density at radius 3 is 2.52 bits per heavy atom. The van der Waals surface area contributed by atoms with E-state index in [1.54, 1.807) is 0 Å². The first kappa shape index (κ1) is 18.1. The minimum absolute atomic E-state index is 0.0110. The Morgan fingerprint density at radius 2 is 1.92 bits per heavy atom. The molecule has 0 radical (unpaired) electrons. The Morgan fingerprint density at radius 1 is 1.24 bits per heavy atom. The number of ether oxygens (including phenoxy) is 1. The van der Waals surface area contributed by atoms with E-state index < -0.39 is 5.41 Å². The van der Waals surface area contributed by atoms with E-state index in [0.29, 0.717) is 12.0 Å². The molecular formula is C21H30O4. The van der Waals surface area contributed by atoms with Crippen molar-refractivity contribution in [2.45, 2.75) is 71.1 Å². The highest BCUT2D eigenvalue weighted by Gasteiger charge is 2.59. The molecule has 2 atom stereocenters. The van der Waals surface area contributed by atoms with Gasteiger partial charge in [-0.2, -0.15) is 0 Å². The van der Waals surface area contributed by atoms with Crippen molar-refractivity contribution in [2.24, 2.45) is 11.3 Å². The zero-order valence-corrected chi connectivity index (χ0v) is 16.0. The maximum Gasteiger partial charge on any atom is 0.316 e. The van der Waals surface area contributed by atoms with Crippen molar-refractivity contribution < 1.29 is 19.7 Å². The summed E-state index contributed by atoms with van der Waals surface area (Å²) in [5.41, 5.74) is 1.47. The number of rotatable bonds is 2. The molecule has 25 heavy (non-hydrogen) atoms. The van der Waals surface area contributed by atoms with Crippen LogP contribution in [-0.4, -0.2) is 23.3 Å². The van der Waals surface area contributed by atoms with Crippen molar-refractivity contribution in [3.63, 3.8) is 0 Å². The van der Waals surface area contributed by atoms with Gasteiger partial charge in [0, 0.05) is 11.1 Å². The van der Waals surface area contributed by atoms with E-state index in [4.69, 9.17) is 4.74 Å². The monoisotopic (exact) mass is 346 g/mol. The summed E-state index contributed by atoms with van der Waals surface area (Å²) in [6, 6.07) is 1.98. The van der Waals surface area contributed by atoms with E-state index in [1.807, 2.05) is 19.9 Å². The highest BCUT2D eigenvalue weighted by molar-refractivity contribution is 5.87. The van der Waals surface area contributed by atoms with Gasteiger partial charge < -0.3 is 14.9 Å². The molecule has 1 saturated carbocycles. The van der Waals surface area contributed by atoms with Gasteiger partial charge in [-0.1, -0.05) is 40.2 Å². The third-order valence-electron chi connectivity index (χ3n) is 6.64. The molecule has 1 aromatic rings. The number of phenols is 2. The Hall–Kier alpha value is -1.71. The molecule has 0 saturated heterocycles. The summed E-state index contributed by atoms with van der Waals surface area (Å²) in [6.07, 6.45) is 4.34. The van der Waals surface area contributed by atoms with Gasteiger partial charge in [0.25, 0.3) is 0 Å². The fourth-order valence-corrected chi connectivity index (χ4v) is 5.47. The molecule has 2 aliphatic rings. The van der Waals surface area contributed by atoms with Crippen LogP contribution in [0.4, 0.5) is 0 Å². The number of carbonyl (C=O) groups is 1. The Bertz CT molecular complexity index is 704. The molecule has 138 valence electrons. The van der Waals surface area contributed by atoms with Crippen LogP contribution in [0.3, 0.4) is 0 Å². The van der Waals surface area contributed by atoms with Gasteiger partial charge in [0.05, 0.1) is 7.11 Å². The Labute approximate surface area is 150 Å². The number of esters is 1. The number of hydrogen-bond donors (Lipinski definition) is 2. The summed E-state index contributed by atoms with van der Waals surface area (Å²) in [5.74, 6) is -0.275. The lowest BCUT2D eigenvalue weighted by Gasteiger charge is -2.54. The number of phenolic OH excluding ortho intramolecular Hbond substituents is 2. The molecule has 4 nitrogen and oxygen atoms in total. The minimum atomic E-state index is -0.860. The van der Waals surface area contributed by atoms with Crippen LogP contribution in [0, 0.1) is 11.3 Å². The molecule has 0 heterocycles. The smallest absolute Gasteiger partial charge is 0.316 e. The van der Waals surface area contributed by atoms with Gasteiger partial charge in [0.15, 0.2) is 11.5 Å². The van der Waals surface area contributed by atoms with Gasteiger partial charge in [0.1, 0.15) is 5.41 Å². The molecule has 1 fully saturated rings. The molecule has 0 amide bonds. The van der Waals surface area contributed by atoms with Crippen LogP contribution < -0.4 is 0 Å². The Balaban J connectivity index is 2.31. The molecule has 0 spiro atoms. The van der Waals surface area contributed by atoms with Crippen molar-refractivity contribution in [1.29, 1.82) is 0 Å². The number of methoxy groups -OCH3 is 1. The van der Waals surface area contributed by atoms with E-state index >= 15 is 0 Å². The van der Waals surface area contributed by atoms with Crippen LogP contribution in [0.2, 0.25) is 0 Å². The summed E-state index contributed by atoms with van der Waals surface area (Å²) >= 11 is 0. The summed E-state index contributed by atoms with van der Waals surface area (Å²) in [5, 5.41) is 21.5. The fourth-order valence-electron chi connectivity index (χ4n) is 5.47. The molecule has 2 aliphatic carbocycles. The predicted molar refractivity (Wildman–Crippen MR) is 97.0 cm³/mol. The highest BCUT2D eigenvalue weighted by atomic mass is 16.5. The van der Waals surface area contributed by atoms with Crippen molar-refractivity contribution in [2.75, 3.05) is 7.11 Å². The number of benzene rings is 1. The normalized spacial score (nSPS) is 27.5. The quantitative estimate of drug-likeness (QED) is 0.615. The average molecular weight is 346 g/mol. The molecule has 0 aromatic heterocycles. The van der Waals surface area contributed by atoms with E-state index in [2.05, 4.69) is 13.8 Å². The van der Waals surface area contributed by atoms with E-state index in [1.165, 1.54) is 7.11 Å². The number of hydrogen-bond acceptors (Lipinski definition) is 4. The van der Waals surface area contributed by atoms with Gasteiger partial charge in [-0.15, -0.1) is 0 Å². The molecule has 3 rings (SSSR count). The lowest BCUT2D eigenvalue weighted by Crippen LogP contribution is -2.54. The van der Waals surface area contributed by atoms with Crippen molar-refractivity contribution in [1.82, 2.24) is 0 Å². The number of aromatic hydroxyl groups is 2. The lowest BCUT2D eigenvalue weighted by molar-refractivity contribution is -0.156. The third kappa shape index (κ3) is 2.44. The molecule has 0 aliphatic heterocycles. The summed E-state index contributed by atoms with van der Waals surface area (Å²) in [7, 11) is 1.42. The zero-order chi connectivity index (χ0) is 18.6. The zero-order valence-electron chi connectivity index (χ0n) is 16.0.